The Morgan fingerprint density at radius 3 is 2.48 bits per heavy atom. The fourth-order valence-electron chi connectivity index (χ4n) is 2.08. The molecule has 0 radical (unpaired) electrons. The molecule has 0 aliphatic rings. The lowest BCUT2D eigenvalue weighted by Crippen LogP contribution is -2.37. The fourth-order valence-corrected chi connectivity index (χ4v) is 2.49. The Labute approximate surface area is 146 Å². The maximum Gasteiger partial charge on any atom is 0.410 e. The standard InChI is InChI=1S/C17H24BrNO4/c1-17(2,3)23-16(21)19(4)11-13(10-15(20)22-5)12-7-6-8-14(18)9-12/h6-9,13H,10-11H2,1-5H3. The van der Waals surface area contributed by atoms with Crippen LogP contribution in [-0.4, -0.2) is 43.3 Å². The Hall–Kier alpha value is -1.56. The summed E-state index contributed by atoms with van der Waals surface area (Å²) in [6.45, 7) is 5.82. The lowest BCUT2D eigenvalue weighted by molar-refractivity contribution is -0.141. The number of ether oxygens (including phenoxy) is 2. The van der Waals surface area contributed by atoms with Crippen molar-refractivity contribution in [3.63, 3.8) is 0 Å². The normalized spacial score (nSPS) is 12.4. The molecule has 0 heterocycles. The maximum absolute atomic E-state index is 12.1. The topological polar surface area (TPSA) is 55.8 Å². The summed E-state index contributed by atoms with van der Waals surface area (Å²) >= 11 is 3.43. The highest BCUT2D eigenvalue weighted by Gasteiger charge is 2.24. The van der Waals surface area contributed by atoms with Gasteiger partial charge < -0.3 is 14.4 Å². The number of esters is 1. The lowest BCUT2D eigenvalue weighted by Gasteiger charge is -2.27. The molecule has 1 rings (SSSR count). The van der Waals surface area contributed by atoms with Gasteiger partial charge in [0.15, 0.2) is 0 Å². The van der Waals surface area contributed by atoms with E-state index in [-0.39, 0.29) is 18.3 Å². The number of nitrogens with zero attached hydrogens (tertiary/aromatic N) is 1. The predicted molar refractivity (Wildman–Crippen MR) is 92.4 cm³/mol. The zero-order valence-electron chi connectivity index (χ0n) is 14.3. The van der Waals surface area contributed by atoms with Crippen LogP contribution in [0.1, 0.15) is 38.7 Å². The molecule has 0 bridgehead atoms. The lowest BCUT2D eigenvalue weighted by atomic mass is 9.95. The van der Waals surface area contributed by atoms with E-state index in [4.69, 9.17) is 9.47 Å². The maximum atomic E-state index is 12.1. The van der Waals surface area contributed by atoms with Crippen LogP contribution in [-0.2, 0) is 14.3 Å². The molecule has 0 aliphatic heterocycles. The second-order valence-electron chi connectivity index (χ2n) is 6.39. The van der Waals surface area contributed by atoms with E-state index in [2.05, 4.69) is 15.9 Å². The number of hydrogen-bond acceptors (Lipinski definition) is 4. The summed E-state index contributed by atoms with van der Waals surface area (Å²) in [4.78, 5) is 25.3. The quantitative estimate of drug-likeness (QED) is 0.719. The smallest absolute Gasteiger partial charge is 0.410 e. The van der Waals surface area contributed by atoms with Gasteiger partial charge in [-0.2, -0.15) is 0 Å². The minimum atomic E-state index is -0.557. The van der Waals surface area contributed by atoms with Gasteiger partial charge in [0.05, 0.1) is 13.5 Å². The molecule has 0 aromatic heterocycles. The number of amides is 1. The van der Waals surface area contributed by atoms with E-state index in [9.17, 15) is 9.59 Å². The molecule has 128 valence electrons. The Bertz CT molecular complexity index is 554. The zero-order valence-corrected chi connectivity index (χ0v) is 15.8. The van der Waals surface area contributed by atoms with E-state index in [1.54, 1.807) is 7.05 Å². The summed E-state index contributed by atoms with van der Waals surface area (Å²) in [7, 11) is 3.02. The monoisotopic (exact) mass is 385 g/mol. The first-order valence-corrected chi connectivity index (χ1v) is 8.18. The van der Waals surface area contributed by atoms with Gasteiger partial charge in [0.1, 0.15) is 5.60 Å². The molecular formula is C17H24BrNO4. The molecule has 5 nitrogen and oxygen atoms in total. The number of carbonyl (C=O) groups is 2. The van der Waals surface area contributed by atoms with E-state index in [1.165, 1.54) is 12.0 Å². The van der Waals surface area contributed by atoms with Crippen LogP contribution in [0, 0.1) is 0 Å². The van der Waals surface area contributed by atoms with E-state index >= 15 is 0 Å². The second kappa shape index (κ2) is 8.34. The van der Waals surface area contributed by atoms with E-state index in [0.29, 0.717) is 6.54 Å². The van der Waals surface area contributed by atoms with Gasteiger partial charge in [-0.1, -0.05) is 28.1 Å². The van der Waals surface area contributed by atoms with Gasteiger partial charge in [0, 0.05) is 24.0 Å². The molecule has 0 fully saturated rings. The molecule has 1 aromatic carbocycles. The number of benzene rings is 1. The number of methoxy groups -OCH3 is 1. The highest BCUT2D eigenvalue weighted by molar-refractivity contribution is 9.10. The van der Waals surface area contributed by atoms with Crippen molar-refractivity contribution < 1.29 is 19.1 Å². The summed E-state index contributed by atoms with van der Waals surface area (Å²) in [6.07, 6.45) is -0.220. The van der Waals surface area contributed by atoms with Crippen molar-refractivity contribution in [2.75, 3.05) is 20.7 Å². The van der Waals surface area contributed by atoms with Crippen LogP contribution in [0.15, 0.2) is 28.7 Å². The first-order valence-electron chi connectivity index (χ1n) is 7.38. The highest BCUT2D eigenvalue weighted by Crippen LogP contribution is 2.25. The van der Waals surface area contributed by atoms with E-state index < -0.39 is 11.7 Å². The van der Waals surface area contributed by atoms with Gasteiger partial charge in [0.25, 0.3) is 0 Å². The van der Waals surface area contributed by atoms with Crippen molar-refractivity contribution in [3.05, 3.63) is 34.3 Å². The number of halogens is 1. The van der Waals surface area contributed by atoms with Gasteiger partial charge in [-0.15, -0.1) is 0 Å². The Balaban J connectivity index is 2.88. The molecule has 1 amide bonds. The van der Waals surface area contributed by atoms with Crippen LogP contribution in [0.3, 0.4) is 0 Å². The molecule has 23 heavy (non-hydrogen) atoms. The number of hydrogen-bond donors (Lipinski definition) is 0. The van der Waals surface area contributed by atoms with Crippen LogP contribution in [0.5, 0.6) is 0 Å². The van der Waals surface area contributed by atoms with Gasteiger partial charge >= 0.3 is 12.1 Å². The number of carbonyl (C=O) groups excluding carboxylic acids is 2. The van der Waals surface area contributed by atoms with Crippen LogP contribution in [0.4, 0.5) is 4.79 Å². The molecule has 0 aliphatic carbocycles. The minimum absolute atomic E-state index is 0.169. The molecule has 0 saturated heterocycles. The molecular weight excluding hydrogens is 362 g/mol. The minimum Gasteiger partial charge on any atom is -0.469 e. The van der Waals surface area contributed by atoms with Crippen LogP contribution in [0.2, 0.25) is 0 Å². The fraction of sp³-hybridized carbons (Fsp3) is 0.529. The molecule has 0 saturated carbocycles. The molecule has 0 N–H and O–H groups in total. The van der Waals surface area contributed by atoms with Crippen molar-refractivity contribution in [1.29, 1.82) is 0 Å². The van der Waals surface area contributed by atoms with Crippen molar-refractivity contribution in [1.82, 2.24) is 4.90 Å². The van der Waals surface area contributed by atoms with Gasteiger partial charge in [0.2, 0.25) is 0 Å². The Kier molecular flexibility index (Phi) is 7.06. The largest absolute Gasteiger partial charge is 0.469 e. The summed E-state index contributed by atoms with van der Waals surface area (Å²) in [5, 5.41) is 0. The summed E-state index contributed by atoms with van der Waals surface area (Å²) in [5.41, 5.74) is 0.402. The number of likely N-dealkylation sites (N-methyl/N-ethyl adjacent to an activating group) is 1. The number of rotatable bonds is 5. The van der Waals surface area contributed by atoms with Gasteiger partial charge in [-0.25, -0.2) is 4.79 Å². The SMILES string of the molecule is COC(=O)CC(CN(C)C(=O)OC(C)(C)C)c1cccc(Br)c1. The van der Waals surface area contributed by atoms with Gasteiger partial charge in [-0.05, 0) is 38.5 Å². The molecule has 0 spiro atoms. The predicted octanol–water partition coefficient (Wildman–Crippen LogP) is 3.96. The van der Waals surface area contributed by atoms with Gasteiger partial charge in [-0.3, -0.25) is 4.79 Å². The third kappa shape index (κ3) is 7.03. The first kappa shape index (κ1) is 19.5. The Morgan fingerprint density at radius 2 is 1.96 bits per heavy atom. The van der Waals surface area contributed by atoms with Crippen molar-refractivity contribution in [3.8, 4) is 0 Å². The zero-order chi connectivity index (χ0) is 17.6. The summed E-state index contributed by atoms with van der Waals surface area (Å²) in [5.74, 6) is -0.481. The highest BCUT2D eigenvalue weighted by atomic mass is 79.9. The second-order valence-corrected chi connectivity index (χ2v) is 7.31. The molecule has 1 atom stereocenters. The molecule has 1 unspecified atom stereocenters. The van der Waals surface area contributed by atoms with E-state index in [0.717, 1.165) is 10.0 Å². The van der Waals surface area contributed by atoms with Crippen molar-refractivity contribution in [2.24, 2.45) is 0 Å². The molecule has 6 heteroatoms. The summed E-state index contributed by atoms with van der Waals surface area (Å²) in [6, 6.07) is 7.69. The average molecular weight is 386 g/mol. The van der Waals surface area contributed by atoms with Crippen molar-refractivity contribution in [2.45, 2.75) is 38.7 Å². The van der Waals surface area contributed by atoms with Crippen LogP contribution < -0.4 is 0 Å². The van der Waals surface area contributed by atoms with Crippen molar-refractivity contribution >= 4 is 28.0 Å². The average Bonchev–Trinajstić information content (AvgIpc) is 2.44. The Morgan fingerprint density at radius 1 is 1.30 bits per heavy atom. The van der Waals surface area contributed by atoms with E-state index in [1.807, 2.05) is 45.0 Å². The summed E-state index contributed by atoms with van der Waals surface area (Å²) < 4.78 is 11.0. The van der Waals surface area contributed by atoms with Crippen LogP contribution >= 0.6 is 15.9 Å². The van der Waals surface area contributed by atoms with Crippen LogP contribution in [0.25, 0.3) is 0 Å². The third-order valence-electron chi connectivity index (χ3n) is 3.16. The third-order valence-corrected chi connectivity index (χ3v) is 3.65. The molecule has 1 aromatic rings. The first-order chi connectivity index (χ1) is 10.6.